The van der Waals surface area contributed by atoms with E-state index in [1.807, 2.05) is 37.3 Å². The number of hydrogen-bond donors (Lipinski definition) is 3. The molecule has 1 aliphatic carbocycles. The van der Waals surface area contributed by atoms with Gasteiger partial charge in [0.1, 0.15) is 5.75 Å². The molecule has 176 valence electrons. The minimum atomic E-state index is -0.320. The Balaban J connectivity index is 1.38. The zero-order valence-electron chi connectivity index (χ0n) is 19.2. The molecule has 1 saturated carbocycles. The van der Waals surface area contributed by atoms with Crippen LogP contribution in [0.15, 0.2) is 73.1 Å². The van der Waals surface area contributed by atoms with Gasteiger partial charge in [-0.2, -0.15) is 9.78 Å². The maximum Gasteiger partial charge on any atom is 0.342 e. The fourth-order valence-corrected chi connectivity index (χ4v) is 3.84. The molecule has 2 heterocycles. The van der Waals surface area contributed by atoms with E-state index in [0.29, 0.717) is 29.1 Å². The van der Waals surface area contributed by atoms with Crippen molar-refractivity contribution in [3.8, 4) is 17.0 Å². The zero-order valence-corrected chi connectivity index (χ0v) is 19.2. The molecule has 4 aromatic rings. The summed E-state index contributed by atoms with van der Waals surface area (Å²) >= 11 is 0. The lowest BCUT2D eigenvalue weighted by Gasteiger charge is -2.09. The van der Waals surface area contributed by atoms with Gasteiger partial charge in [-0.3, -0.25) is 9.78 Å². The number of phenols is 1. The minimum absolute atomic E-state index is 0.0106. The average Bonchev–Trinajstić information content (AvgIpc) is 3.63. The van der Waals surface area contributed by atoms with Crippen molar-refractivity contribution in [1.29, 1.82) is 0 Å². The number of rotatable bonds is 6. The summed E-state index contributed by atoms with van der Waals surface area (Å²) in [6.07, 6.45) is 5.06. The Kier molecular flexibility index (Phi) is 6.01. The molecule has 0 saturated heterocycles. The van der Waals surface area contributed by atoms with Crippen molar-refractivity contribution in [2.75, 3.05) is 5.32 Å². The summed E-state index contributed by atoms with van der Waals surface area (Å²) in [5.41, 5.74) is 4.79. The van der Waals surface area contributed by atoms with Gasteiger partial charge in [-0.1, -0.05) is 29.8 Å². The van der Waals surface area contributed by atoms with Gasteiger partial charge in [-0.25, -0.2) is 4.79 Å². The van der Waals surface area contributed by atoms with Crippen LogP contribution in [0, 0.1) is 6.92 Å². The molecule has 0 aliphatic heterocycles. The van der Waals surface area contributed by atoms with Crippen molar-refractivity contribution in [3.05, 3.63) is 95.4 Å². The van der Waals surface area contributed by atoms with Gasteiger partial charge in [-0.15, -0.1) is 0 Å². The Morgan fingerprint density at radius 1 is 1.09 bits per heavy atom. The van der Waals surface area contributed by atoms with Crippen molar-refractivity contribution in [1.82, 2.24) is 20.1 Å². The number of pyridine rings is 1. The molecule has 2 aromatic heterocycles. The molecule has 1 aliphatic rings. The van der Waals surface area contributed by atoms with Gasteiger partial charge < -0.3 is 15.7 Å². The Labute approximate surface area is 202 Å². The number of anilines is 1. The standard InChI is InChI=1S/C27H25N5O3/c1-17-4-6-18(7-5-17)15-29-27(35)32-24(19-8-9-19)14-23(31-32)22-13-21(10-11-25(22)33)30-26(34)20-3-2-12-28-16-20/h2-7,10-14,16,19,33H,8-9,15H2,1H3,(H,29,35)(H,30,34). The maximum atomic E-state index is 13.0. The molecule has 2 aromatic carbocycles. The fraction of sp³-hybridized carbons (Fsp3) is 0.185. The van der Waals surface area contributed by atoms with E-state index in [4.69, 9.17) is 0 Å². The van der Waals surface area contributed by atoms with Crippen LogP contribution in [0.1, 0.15) is 45.9 Å². The van der Waals surface area contributed by atoms with Crippen molar-refractivity contribution in [2.24, 2.45) is 0 Å². The van der Waals surface area contributed by atoms with E-state index in [1.165, 1.54) is 16.9 Å². The highest BCUT2D eigenvalue weighted by molar-refractivity contribution is 6.04. The molecular formula is C27H25N5O3. The smallest absolute Gasteiger partial charge is 0.342 e. The van der Waals surface area contributed by atoms with Crippen molar-refractivity contribution in [2.45, 2.75) is 32.2 Å². The number of aromatic nitrogens is 3. The normalized spacial score (nSPS) is 12.8. The molecule has 0 atom stereocenters. The molecule has 2 amide bonds. The van der Waals surface area contributed by atoms with Gasteiger partial charge in [0.05, 0.1) is 17.0 Å². The number of aromatic hydroxyl groups is 1. The summed E-state index contributed by atoms with van der Waals surface area (Å²) in [6.45, 7) is 2.41. The number of carbonyl (C=O) groups excluding carboxylic acids is 2. The predicted molar refractivity (Wildman–Crippen MR) is 132 cm³/mol. The molecule has 8 nitrogen and oxygen atoms in total. The summed E-state index contributed by atoms with van der Waals surface area (Å²) < 4.78 is 1.39. The molecule has 1 fully saturated rings. The van der Waals surface area contributed by atoms with E-state index in [0.717, 1.165) is 29.7 Å². The number of nitrogens with one attached hydrogen (secondary N) is 2. The van der Waals surface area contributed by atoms with Crippen molar-refractivity contribution < 1.29 is 14.7 Å². The third-order valence-corrected chi connectivity index (χ3v) is 5.94. The van der Waals surface area contributed by atoms with E-state index in [2.05, 4.69) is 20.7 Å². The summed E-state index contributed by atoms with van der Waals surface area (Å²) in [5.74, 6) is -0.0390. The van der Waals surface area contributed by atoms with E-state index in [1.54, 1.807) is 30.5 Å². The lowest BCUT2D eigenvalue weighted by Crippen LogP contribution is -2.30. The van der Waals surface area contributed by atoms with Crippen LogP contribution in [0.25, 0.3) is 11.3 Å². The fourth-order valence-electron chi connectivity index (χ4n) is 3.84. The van der Waals surface area contributed by atoms with Crippen molar-refractivity contribution in [3.63, 3.8) is 0 Å². The first-order chi connectivity index (χ1) is 17.0. The summed E-state index contributed by atoms with van der Waals surface area (Å²) in [5, 5.41) is 20.8. The number of nitrogens with zero attached hydrogens (tertiary/aromatic N) is 3. The molecule has 5 rings (SSSR count). The number of phenolic OH excluding ortho intramolecular Hbond substituents is 1. The lowest BCUT2D eigenvalue weighted by atomic mass is 10.1. The monoisotopic (exact) mass is 467 g/mol. The van der Waals surface area contributed by atoms with Gasteiger partial charge >= 0.3 is 6.03 Å². The third-order valence-electron chi connectivity index (χ3n) is 5.94. The summed E-state index contributed by atoms with van der Waals surface area (Å²) in [4.78, 5) is 29.5. The number of hydrogen-bond acceptors (Lipinski definition) is 5. The second-order valence-corrected chi connectivity index (χ2v) is 8.71. The Bertz CT molecular complexity index is 1380. The predicted octanol–water partition coefficient (Wildman–Crippen LogP) is 4.85. The van der Waals surface area contributed by atoms with Gasteiger partial charge in [0.2, 0.25) is 0 Å². The van der Waals surface area contributed by atoms with Crippen LogP contribution in [0.2, 0.25) is 0 Å². The zero-order chi connectivity index (χ0) is 24.4. The Hall–Kier alpha value is -4.46. The number of carbonyl (C=O) groups is 2. The van der Waals surface area contributed by atoms with Crippen LogP contribution in [0.4, 0.5) is 10.5 Å². The second kappa shape index (κ2) is 9.42. The summed E-state index contributed by atoms with van der Waals surface area (Å²) in [7, 11) is 0. The van der Waals surface area contributed by atoms with Gasteiger partial charge in [0.25, 0.3) is 5.91 Å². The van der Waals surface area contributed by atoms with Crippen LogP contribution < -0.4 is 10.6 Å². The minimum Gasteiger partial charge on any atom is -0.507 e. The molecule has 0 unspecified atom stereocenters. The molecule has 8 heteroatoms. The van der Waals surface area contributed by atoms with Crippen LogP contribution in [0.3, 0.4) is 0 Å². The second-order valence-electron chi connectivity index (χ2n) is 8.71. The highest BCUT2D eigenvalue weighted by Gasteiger charge is 2.30. The first-order valence-corrected chi connectivity index (χ1v) is 11.5. The highest BCUT2D eigenvalue weighted by atomic mass is 16.3. The first-order valence-electron chi connectivity index (χ1n) is 11.5. The molecule has 0 bridgehead atoms. The van der Waals surface area contributed by atoms with E-state index < -0.39 is 0 Å². The third kappa shape index (κ3) is 5.06. The topological polar surface area (TPSA) is 109 Å². The molecule has 0 spiro atoms. The van der Waals surface area contributed by atoms with Gasteiger partial charge in [0, 0.05) is 36.1 Å². The average molecular weight is 468 g/mol. The van der Waals surface area contributed by atoms with Crippen LogP contribution in [-0.4, -0.2) is 31.8 Å². The van der Waals surface area contributed by atoms with Crippen LogP contribution >= 0.6 is 0 Å². The van der Waals surface area contributed by atoms with E-state index >= 15 is 0 Å². The SMILES string of the molecule is Cc1ccc(CNC(=O)n2nc(-c3cc(NC(=O)c4cccnc4)ccc3O)cc2C2CC2)cc1. The summed E-state index contributed by atoms with van der Waals surface area (Å²) in [6, 6.07) is 17.6. The molecular weight excluding hydrogens is 442 g/mol. The first kappa shape index (κ1) is 22.3. The van der Waals surface area contributed by atoms with Gasteiger partial charge in [0.15, 0.2) is 0 Å². The Morgan fingerprint density at radius 3 is 2.60 bits per heavy atom. The molecule has 0 radical (unpaired) electrons. The molecule has 35 heavy (non-hydrogen) atoms. The number of aryl methyl sites for hydroxylation is 1. The Morgan fingerprint density at radius 2 is 1.89 bits per heavy atom. The van der Waals surface area contributed by atoms with Crippen LogP contribution in [-0.2, 0) is 6.54 Å². The number of benzene rings is 2. The highest BCUT2D eigenvalue weighted by Crippen LogP contribution is 2.42. The largest absolute Gasteiger partial charge is 0.507 e. The quantitative estimate of drug-likeness (QED) is 0.351. The maximum absolute atomic E-state index is 13.0. The van der Waals surface area contributed by atoms with E-state index in [9.17, 15) is 14.7 Å². The molecule has 3 N–H and O–H groups in total. The van der Waals surface area contributed by atoms with Crippen LogP contribution in [0.5, 0.6) is 5.75 Å². The van der Waals surface area contributed by atoms with E-state index in [-0.39, 0.29) is 23.6 Å². The van der Waals surface area contributed by atoms with Crippen molar-refractivity contribution >= 4 is 17.6 Å². The van der Waals surface area contributed by atoms with Gasteiger partial charge in [-0.05, 0) is 61.7 Å². The number of amides is 2. The lowest BCUT2D eigenvalue weighted by molar-refractivity contribution is 0.102.